The van der Waals surface area contributed by atoms with Crippen molar-refractivity contribution in [1.29, 1.82) is 0 Å². The molecule has 4 rings (SSSR count). The van der Waals surface area contributed by atoms with Gasteiger partial charge < -0.3 is 14.7 Å². The number of benzene rings is 3. The molecule has 0 aliphatic carbocycles. The van der Waals surface area contributed by atoms with E-state index < -0.39 is 0 Å². The van der Waals surface area contributed by atoms with Gasteiger partial charge in [0.15, 0.2) is 0 Å². The highest BCUT2D eigenvalue weighted by Gasteiger charge is 2.25. The van der Waals surface area contributed by atoms with Gasteiger partial charge in [0, 0.05) is 6.54 Å². The smallest absolute Gasteiger partial charge is 0.323 e. The first-order valence-corrected chi connectivity index (χ1v) is 11.1. The maximum Gasteiger partial charge on any atom is 0.323 e. The van der Waals surface area contributed by atoms with Crippen molar-refractivity contribution in [3.8, 4) is 11.1 Å². The van der Waals surface area contributed by atoms with E-state index in [9.17, 15) is 9.90 Å². The van der Waals surface area contributed by atoms with Gasteiger partial charge in [0.2, 0.25) is 0 Å². The van der Waals surface area contributed by atoms with Crippen molar-refractivity contribution >= 4 is 11.7 Å². The second kappa shape index (κ2) is 11.4. The number of hydrogen-bond donors (Lipinski definition) is 2. The van der Waals surface area contributed by atoms with Gasteiger partial charge in [0.25, 0.3) is 0 Å². The first-order valence-electron chi connectivity index (χ1n) is 11.1. The lowest BCUT2D eigenvalue weighted by atomic mass is 10.0. The summed E-state index contributed by atoms with van der Waals surface area (Å²) in [5.41, 5.74) is 5.78. The summed E-state index contributed by atoms with van der Waals surface area (Å²) >= 11 is 0. The van der Waals surface area contributed by atoms with Gasteiger partial charge in [-0.05, 0) is 52.8 Å². The topological polar surface area (TPSA) is 80.2 Å². The van der Waals surface area contributed by atoms with Crippen molar-refractivity contribution in [2.75, 3.05) is 6.54 Å². The number of nitrogens with one attached hydrogen (secondary N) is 1. The second-order valence-corrected chi connectivity index (χ2v) is 8.06. The minimum absolute atomic E-state index is 0.00507. The van der Waals surface area contributed by atoms with Crippen LogP contribution in [0.1, 0.15) is 29.5 Å². The van der Waals surface area contributed by atoms with Crippen LogP contribution in [0, 0.1) is 0 Å². The zero-order chi connectivity index (χ0) is 22.9. The standard InChI is InChI=1S/C27H28N2O4/c30-17-21-8-4-10-23(14-21)24-11-5-9-22(15-24)18-32-27(31)26-13-12-25(16-28-26)29-33-19-20-6-2-1-3-7-20/h1-11,14-15,26,28,30H,12-13,16-19H2/b29-25-/t26-/m0/s1. The number of rotatable bonds is 8. The molecule has 0 bridgehead atoms. The van der Waals surface area contributed by atoms with Crippen LogP contribution in [-0.4, -0.2) is 29.4 Å². The zero-order valence-corrected chi connectivity index (χ0v) is 18.4. The fraction of sp³-hybridized carbons (Fsp3) is 0.259. The van der Waals surface area contributed by atoms with E-state index in [0.29, 0.717) is 26.0 Å². The number of oxime groups is 1. The average molecular weight is 445 g/mol. The van der Waals surface area contributed by atoms with Gasteiger partial charge in [-0.2, -0.15) is 0 Å². The van der Waals surface area contributed by atoms with Crippen LogP contribution in [0.3, 0.4) is 0 Å². The van der Waals surface area contributed by atoms with Crippen molar-refractivity contribution in [2.45, 2.75) is 38.7 Å². The molecule has 3 aromatic carbocycles. The Morgan fingerprint density at radius 1 is 0.909 bits per heavy atom. The van der Waals surface area contributed by atoms with Crippen LogP contribution in [-0.2, 0) is 34.2 Å². The van der Waals surface area contributed by atoms with Crippen molar-refractivity contribution < 1.29 is 19.5 Å². The molecule has 33 heavy (non-hydrogen) atoms. The van der Waals surface area contributed by atoms with Gasteiger partial charge in [-0.15, -0.1) is 0 Å². The molecule has 0 spiro atoms. The monoisotopic (exact) mass is 444 g/mol. The first kappa shape index (κ1) is 22.7. The number of nitrogens with zero attached hydrogens (tertiary/aromatic N) is 1. The largest absolute Gasteiger partial charge is 0.460 e. The molecule has 0 amide bonds. The zero-order valence-electron chi connectivity index (χ0n) is 18.4. The Bertz CT molecular complexity index is 1090. The molecule has 1 saturated heterocycles. The van der Waals surface area contributed by atoms with Crippen LogP contribution in [0.2, 0.25) is 0 Å². The normalized spacial score (nSPS) is 17.0. The van der Waals surface area contributed by atoms with E-state index >= 15 is 0 Å². The molecule has 0 aromatic heterocycles. The third-order valence-electron chi connectivity index (χ3n) is 5.58. The molecule has 1 fully saturated rings. The van der Waals surface area contributed by atoms with Gasteiger partial charge in [0.1, 0.15) is 19.3 Å². The van der Waals surface area contributed by atoms with Gasteiger partial charge in [0.05, 0.1) is 12.3 Å². The molecular weight excluding hydrogens is 416 g/mol. The lowest BCUT2D eigenvalue weighted by molar-refractivity contribution is -0.147. The molecule has 0 radical (unpaired) electrons. The Kier molecular flexibility index (Phi) is 7.85. The number of aliphatic hydroxyl groups is 1. The van der Waals surface area contributed by atoms with E-state index in [-0.39, 0.29) is 25.2 Å². The number of piperidine rings is 1. The number of carbonyl (C=O) groups excluding carboxylic acids is 1. The molecule has 1 aliphatic rings. The third kappa shape index (κ3) is 6.51. The highest BCUT2D eigenvalue weighted by molar-refractivity contribution is 5.89. The quantitative estimate of drug-likeness (QED) is 0.402. The Morgan fingerprint density at radius 3 is 2.30 bits per heavy atom. The summed E-state index contributed by atoms with van der Waals surface area (Å²) in [5.74, 6) is -0.257. The van der Waals surface area contributed by atoms with Crippen molar-refractivity contribution in [1.82, 2.24) is 5.32 Å². The number of carbonyl (C=O) groups is 1. The average Bonchev–Trinajstić information content (AvgIpc) is 2.88. The number of ether oxygens (including phenoxy) is 1. The van der Waals surface area contributed by atoms with Crippen LogP contribution in [0.15, 0.2) is 84.0 Å². The van der Waals surface area contributed by atoms with Crippen LogP contribution in [0.25, 0.3) is 11.1 Å². The highest BCUT2D eigenvalue weighted by atomic mass is 16.6. The minimum atomic E-state index is -0.345. The predicted molar refractivity (Wildman–Crippen MR) is 127 cm³/mol. The Labute approximate surface area is 193 Å². The SMILES string of the molecule is O=C(OCc1cccc(-c2cccc(CO)c2)c1)[C@@H]1CC/C(=N/OCc2ccccc2)CN1. The molecule has 6 nitrogen and oxygen atoms in total. The molecule has 3 aromatic rings. The van der Waals surface area contributed by atoms with Crippen LogP contribution in [0.4, 0.5) is 0 Å². The second-order valence-electron chi connectivity index (χ2n) is 8.06. The fourth-order valence-corrected chi connectivity index (χ4v) is 3.74. The van der Waals surface area contributed by atoms with Crippen LogP contribution in [0.5, 0.6) is 0 Å². The highest BCUT2D eigenvalue weighted by Crippen LogP contribution is 2.22. The number of hydrogen-bond acceptors (Lipinski definition) is 6. The molecule has 0 saturated carbocycles. The minimum Gasteiger partial charge on any atom is -0.460 e. The van der Waals surface area contributed by atoms with Gasteiger partial charge in [-0.25, -0.2) is 0 Å². The van der Waals surface area contributed by atoms with E-state index in [0.717, 1.165) is 33.5 Å². The predicted octanol–water partition coefficient (Wildman–Crippen LogP) is 4.21. The molecule has 2 N–H and O–H groups in total. The first-order chi connectivity index (χ1) is 16.2. The maximum absolute atomic E-state index is 12.5. The molecule has 1 heterocycles. The molecule has 1 aliphatic heterocycles. The Hall–Kier alpha value is -3.48. The van der Waals surface area contributed by atoms with E-state index in [1.807, 2.05) is 78.9 Å². The summed E-state index contributed by atoms with van der Waals surface area (Å²) in [5, 5.41) is 16.8. The van der Waals surface area contributed by atoms with Gasteiger partial charge in [-0.3, -0.25) is 10.1 Å². The summed E-state index contributed by atoms with van der Waals surface area (Å²) in [6, 6.07) is 25.2. The van der Waals surface area contributed by atoms with Crippen molar-refractivity contribution in [3.05, 3.63) is 95.6 Å². The lowest BCUT2D eigenvalue weighted by Crippen LogP contribution is -2.45. The summed E-state index contributed by atoms with van der Waals surface area (Å²) in [4.78, 5) is 18.0. The maximum atomic E-state index is 12.5. The Balaban J connectivity index is 1.25. The van der Waals surface area contributed by atoms with E-state index in [2.05, 4.69) is 10.5 Å². The van der Waals surface area contributed by atoms with E-state index in [1.54, 1.807) is 0 Å². The van der Waals surface area contributed by atoms with Crippen LogP contribution >= 0.6 is 0 Å². The molecule has 0 unspecified atom stereocenters. The summed E-state index contributed by atoms with van der Waals surface area (Å²) in [6.07, 6.45) is 1.32. The Morgan fingerprint density at radius 2 is 1.61 bits per heavy atom. The molecule has 1 atom stereocenters. The van der Waals surface area contributed by atoms with Gasteiger partial charge in [-0.1, -0.05) is 71.9 Å². The van der Waals surface area contributed by atoms with E-state index in [4.69, 9.17) is 9.57 Å². The number of esters is 1. The summed E-state index contributed by atoms with van der Waals surface area (Å²) in [7, 11) is 0. The summed E-state index contributed by atoms with van der Waals surface area (Å²) < 4.78 is 5.56. The molecular formula is C27H28N2O4. The van der Waals surface area contributed by atoms with E-state index in [1.165, 1.54) is 0 Å². The molecule has 170 valence electrons. The summed E-state index contributed by atoms with van der Waals surface area (Å²) in [6.45, 7) is 1.15. The lowest BCUT2D eigenvalue weighted by Gasteiger charge is -2.23. The molecule has 6 heteroatoms. The van der Waals surface area contributed by atoms with Gasteiger partial charge >= 0.3 is 5.97 Å². The fourth-order valence-electron chi connectivity index (χ4n) is 3.74. The van der Waals surface area contributed by atoms with Crippen molar-refractivity contribution in [3.63, 3.8) is 0 Å². The van der Waals surface area contributed by atoms with Crippen LogP contribution < -0.4 is 5.32 Å². The van der Waals surface area contributed by atoms with Crippen molar-refractivity contribution in [2.24, 2.45) is 5.16 Å². The number of aliphatic hydroxyl groups excluding tert-OH is 1. The third-order valence-corrected chi connectivity index (χ3v) is 5.58.